The van der Waals surface area contributed by atoms with Gasteiger partial charge in [-0.15, -0.1) is 0 Å². The van der Waals surface area contributed by atoms with E-state index in [1.165, 1.54) is 11.8 Å². The van der Waals surface area contributed by atoms with Gasteiger partial charge < -0.3 is 0 Å². The van der Waals surface area contributed by atoms with Gasteiger partial charge in [-0.1, -0.05) is 39.8 Å². The Labute approximate surface area is 137 Å². The Morgan fingerprint density at radius 2 is 1.62 bits per heavy atom. The van der Waals surface area contributed by atoms with E-state index < -0.39 is 0 Å². The summed E-state index contributed by atoms with van der Waals surface area (Å²) in [7, 11) is 0. The summed E-state index contributed by atoms with van der Waals surface area (Å²) in [6.45, 7) is 7.84. The normalized spacial score (nSPS) is 12.2. The fourth-order valence-corrected chi connectivity index (χ4v) is 3.06. The van der Waals surface area contributed by atoms with Crippen LogP contribution in [0.5, 0.6) is 0 Å². The highest BCUT2D eigenvalue weighted by atomic mass is 79.9. The number of hydrogen-bond acceptors (Lipinski definition) is 4. The lowest BCUT2D eigenvalue weighted by Crippen LogP contribution is -2.14. The highest BCUT2D eigenvalue weighted by Gasteiger charge is 2.18. The van der Waals surface area contributed by atoms with E-state index in [0.717, 1.165) is 21.4 Å². The minimum Gasteiger partial charge on any atom is -0.293 e. The maximum Gasteiger partial charge on any atom is 0.188 e. The molecule has 0 amide bonds. The molecule has 1 heterocycles. The molecule has 1 aromatic heterocycles. The van der Waals surface area contributed by atoms with Crippen molar-refractivity contribution in [1.29, 1.82) is 0 Å². The Morgan fingerprint density at radius 3 is 2.14 bits per heavy atom. The topological polar surface area (TPSA) is 42.9 Å². The monoisotopic (exact) mass is 364 g/mol. The number of aryl methyl sites for hydroxylation is 2. The van der Waals surface area contributed by atoms with Crippen molar-refractivity contribution in [2.45, 2.75) is 38.1 Å². The minimum absolute atomic E-state index is 0.0898. The summed E-state index contributed by atoms with van der Waals surface area (Å²) >= 11 is 4.78. The van der Waals surface area contributed by atoms with Crippen LogP contribution in [-0.4, -0.2) is 21.0 Å². The largest absolute Gasteiger partial charge is 0.293 e. The van der Waals surface area contributed by atoms with E-state index in [-0.39, 0.29) is 11.0 Å². The van der Waals surface area contributed by atoms with Gasteiger partial charge in [0.1, 0.15) is 0 Å². The third-order valence-electron chi connectivity index (χ3n) is 3.39. The SMILES string of the molecule is Cc1nc(SC(C)C(=O)c2ccc(Br)cc2)nc(C)c1C. The summed E-state index contributed by atoms with van der Waals surface area (Å²) in [4.78, 5) is 21.3. The Balaban J connectivity index is 2.16. The van der Waals surface area contributed by atoms with Gasteiger partial charge in [0.25, 0.3) is 0 Å². The smallest absolute Gasteiger partial charge is 0.188 e. The summed E-state index contributed by atoms with van der Waals surface area (Å²) in [5.74, 6) is 0.0898. The number of carbonyl (C=O) groups excluding carboxylic acids is 1. The summed E-state index contributed by atoms with van der Waals surface area (Å²) < 4.78 is 0.965. The molecule has 0 radical (unpaired) electrons. The third-order valence-corrected chi connectivity index (χ3v) is 4.88. The molecule has 2 aromatic rings. The van der Waals surface area contributed by atoms with Crippen LogP contribution in [-0.2, 0) is 0 Å². The fourth-order valence-electron chi connectivity index (χ4n) is 1.85. The Morgan fingerprint density at radius 1 is 1.10 bits per heavy atom. The number of thioether (sulfide) groups is 1. The molecule has 0 saturated carbocycles. The molecule has 1 unspecified atom stereocenters. The van der Waals surface area contributed by atoms with Gasteiger partial charge in [0.15, 0.2) is 10.9 Å². The maximum atomic E-state index is 12.4. The van der Waals surface area contributed by atoms with E-state index in [0.29, 0.717) is 10.7 Å². The van der Waals surface area contributed by atoms with Gasteiger partial charge in [0.2, 0.25) is 0 Å². The van der Waals surface area contributed by atoms with Crippen LogP contribution < -0.4 is 0 Å². The van der Waals surface area contributed by atoms with E-state index in [1.54, 1.807) is 0 Å². The molecule has 2 rings (SSSR count). The third kappa shape index (κ3) is 3.92. The molecule has 0 aliphatic heterocycles. The van der Waals surface area contributed by atoms with E-state index >= 15 is 0 Å². The molecular formula is C16H17BrN2OS. The molecule has 0 spiro atoms. The summed E-state index contributed by atoms with van der Waals surface area (Å²) in [6, 6.07) is 7.41. The summed E-state index contributed by atoms with van der Waals surface area (Å²) in [6.07, 6.45) is 0. The van der Waals surface area contributed by atoms with Crippen LogP contribution in [0.4, 0.5) is 0 Å². The standard InChI is InChI=1S/C16H17BrN2OS/c1-9-10(2)18-16(19-11(9)3)21-12(4)15(20)13-5-7-14(17)8-6-13/h5-8,12H,1-4H3. The lowest BCUT2D eigenvalue weighted by molar-refractivity contribution is 0.0994. The van der Waals surface area contributed by atoms with Crippen LogP contribution >= 0.6 is 27.7 Å². The summed E-state index contributed by atoms with van der Waals surface area (Å²) in [5.41, 5.74) is 3.74. The number of nitrogens with zero attached hydrogens (tertiary/aromatic N) is 2. The molecule has 0 aliphatic carbocycles. The van der Waals surface area contributed by atoms with Crippen molar-refractivity contribution in [1.82, 2.24) is 9.97 Å². The zero-order chi connectivity index (χ0) is 15.6. The van der Waals surface area contributed by atoms with Crippen molar-refractivity contribution in [3.63, 3.8) is 0 Å². The number of rotatable bonds is 4. The zero-order valence-electron chi connectivity index (χ0n) is 12.5. The Hall–Kier alpha value is -1.20. The van der Waals surface area contributed by atoms with Crippen molar-refractivity contribution in [2.75, 3.05) is 0 Å². The molecule has 0 N–H and O–H groups in total. The average molecular weight is 365 g/mol. The predicted molar refractivity (Wildman–Crippen MR) is 90.0 cm³/mol. The number of carbonyl (C=O) groups is 1. The highest BCUT2D eigenvalue weighted by molar-refractivity contribution is 9.10. The van der Waals surface area contributed by atoms with Crippen LogP contribution in [0.25, 0.3) is 0 Å². The number of aromatic nitrogens is 2. The van der Waals surface area contributed by atoms with Gasteiger partial charge >= 0.3 is 0 Å². The maximum absolute atomic E-state index is 12.4. The van der Waals surface area contributed by atoms with Crippen molar-refractivity contribution >= 4 is 33.5 Å². The molecule has 0 aliphatic rings. The van der Waals surface area contributed by atoms with Gasteiger partial charge in [-0.3, -0.25) is 4.79 Å². The predicted octanol–water partition coefficient (Wildman–Crippen LogP) is 4.53. The zero-order valence-corrected chi connectivity index (χ0v) is 14.9. The number of benzene rings is 1. The van der Waals surface area contributed by atoms with Gasteiger partial charge in [0, 0.05) is 21.4 Å². The van der Waals surface area contributed by atoms with E-state index in [1.807, 2.05) is 52.0 Å². The van der Waals surface area contributed by atoms with Crippen molar-refractivity contribution < 1.29 is 4.79 Å². The van der Waals surface area contributed by atoms with Crippen LogP contribution in [0.15, 0.2) is 33.9 Å². The van der Waals surface area contributed by atoms with E-state index in [2.05, 4.69) is 25.9 Å². The molecule has 5 heteroatoms. The molecule has 1 atom stereocenters. The second-order valence-electron chi connectivity index (χ2n) is 4.93. The van der Waals surface area contributed by atoms with Gasteiger partial charge in [-0.2, -0.15) is 0 Å². The van der Waals surface area contributed by atoms with Crippen LogP contribution in [0.1, 0.15) is 34.2 Å². The highest BCUT2D eigenvalue weighted by Crippen LogP contribution is 2.24. The lowest BCUT2D eigenvalue weighted by Gasteiger charge is -2.11. The molecular weight excluding hydrogens is 348 g/mol. The van der Waals surface area contributed by atoms with E-state index in [9.17, 15) is 4.79 Å². The second kappa shape index (κ2) is 6.71. The van der Waals surface area contributed by atoms with Crippen LogP contribution in [0.2, 0.25) is 0 Å². The molecule has 3 nitrogen and oxygen atoms in total. The van der Waals surface area contributed by atoms with Gasteiger partial charge in [-0.25, -0.2) is 9.97 Å². The Bertz CT molecular complexity index is 647. The van der Waals surface area contributed by atoms with Gasteiger partial charge in [0.05, 0.1) is 5.25 Å². The van der Waals surface area contributed by atoms with Crippen LogP contribution in [0.3, 0.4) is 0 Å². The lowest BCUT2D eigenvalue weighted by atomic mass is 10.1. The average Bonchev–Trinajstić information content (AvgIpc) is 2.44. The quantitative estimate of drug-likeness (QED) is 0.454. The first-order chi connectivity index (χ1) is 9.88. The van der Waals surface area contributed by atoms with Crippen LogP contribution in [0, 0.1) is 20.8 Å². The Kier molecular flexibility index (Phi) is 5.17. The van der Waals surface area contributed by atoms with Crippen molar-refractivity contribution in [3.05, 3.63) is 51.3 Å². The molecule has 0 saturated heterocycles. The first-order valence-electron chi connectivity index (χ1n) is 6.66. The number of hydrogen-bond donors (Lipinski definition) is 0. The van der Waals surface area contributed by atoms with Crippen molar-refractivity contribution in [2.24, 2.45) is 0 Å². The van der Waals surface area contributed by atoms with Crippen molar-refractivity contribution in [3.8, 4) is 0 Å². The molecule has 0 fully saturated rings. The fraction of sp³-hybridized carbons (Fsp3) is 0.312. The minimum atomic E-state index is -0.215. The number of ketones is 1. The number of halogens is 1. The molecule has 21 heavy (non-hydrogen) atoms. The second-order valence-corrected chi connectivity index (χ2v) is 7.16. The van der Waals surface area contributed by atoms with Gasteiger partial charge in [-0.05, 0) is 45.4 Å². The molecule has 1 aromatic carbocycles. The summed E-state index contributed by atoms with van der Waals surface area (Å²) in [5, 5.41) is 0.446. The molecule has 110 valence electrons. The number of Topliss-reactive ketones (excluding diaryl/α,β-unsaturated/α-hetero) is 1. The first kappa shape index (κ1) is 16.2. The van der Waals surface area contributed by atoms with E-state index in [4.69, 9.17) is 0 Å². The molecule has 0 bridgehead atoms. The first-order valence-corrected chi connectivity index (χ1v) is 8.34.